The van der Waals surface area contributed by atoms with Gasteiger partial charge in [-0.1, -0.05) is 48.5 Å². The Bertz CT molecular complexity index is 509. The highest BCUT2D eigenvalue weighted by molar-refractivity contribution is 8.00. The maximum Gasteiger partial charge on any atom is 0.0514 e. The molecule has 1 nitrogen and oxygen atoms in total. The predicted octanol–water partition coefficient (Wildman–Crippen LogP) is 3.61. The van der Waals surface area contributed by atoms with Crippen molar-refractivity contribution in [2.45, 2.75) is 16.1 Å². The van der Waals surface area contributed by atoms with Crippen LogP contribution in [-0.4, -0.2) is 11.7 Å². The molecule has 0 radical (unpaired) electrons. The molecular formula is C15H14OS. The van der Waals surface area contributed by atoms with Gasteiger partial charge >= 0.3 is 0 Å². The Kier molecular flexibility index (Phi) is 2.91. The van der Waals surface area contributed by atoms with E-state index in [-0.39, 0.29) is 12.5 Å². The van der Waals surface area contributed by atoms with Crippen molar-refractivity contribution in [3.63, 3.8) is 0 Å². The Morgan fingerprint density at radius 2 is 1.65 bits per heavy atom. The van der Waals surface area contributed by atoms with Gasteiger partial charge < -0.3 is 5.11 Å². The van der Waals surface area contributed by atoms with E-state index in [0.717, 1.165) is 0 Å². The first-order chi connectivity index (χ1) is 8.40. The van der Waals surface area contributed by atoms with Gasteiger partial charge in [0, 0.05) is 16.1 Å². The molecule has 1 aliphatic rings. The van der Waals surface area contributed by atoms with Gasteiger partial charge in [0.15, 0.2) is 0 Å². The molecule has 0 bridgehead atoms. The lowest BCUT2D eigenvalue weighted by molar-refractivity contribution is 0.264. The van der Waals surface area contributed by atoms with Crippen molar-refractivity contribution in [3.05, 3.63) is 65.7 Å². The van der Waals surface area contributed by atoms with Gasteiger partial charge in [0.1, 0.15) is 0 Å². The molecule has 2 unspecified atom stereocenters. The third kappa shape index (κ3) is 1.88. The van der Waals surface area contributed by atoms with Crippen LogP contribution in [0.25, 0.3) is 0 Å². The third-order valence-electron chi connectivity index (χ3n) is 3.26. The Morgan fingerprint density at radius 1 is 0.941 bits per heavy atom. The molecule has 0 aromatic heterocycles. The fraction of sp³-hybridized carbons (Fsp3) is 0.200. The molecule has 86 valence electrons. The topological polar surface area (TPSA) is 20.2 Å². The van der Waals surface area contributed by atoms with Gasteiger partial charge in [-0.2, -0.15) is 0 Å². The van der Waals surface area contributed by atoms with Gasteiger partial charge in [0.05, 0.1) is 6.61 Å². The lowest BCUT2D eigenvalue weighted by atomic mass is 9.93. The van der Waals surface area contributed by atoms with E-state index in [2.05, 4.69) is 48.5 Å². The van der Waals surface area contributed by atoms with E-state index in [1.165, 1.54) is 16.0 Å². The van der Waals surface area contributed by atoms with E-state index in [4.69, 9.17) is 0 Å². The highest BCUT2D eigenvalue weighted by Gasteiger charge is 2.33. The minimum atomic E-state index is 0.212. The molecule has 3 rings (SSSR count). The molecule has 0 spiro atoms. The van der Waals surface area contributed by atoms with Crippen LogP contribution in [0.3, 0.4) is 0 Å². The normalized spacial score (nSPS) is 22.4. The Hall–Kier alpha value is -1.25. The van der Waals surface area contributed by atoms with Gasteiger partial charge in [-0.05, 0) is 17.2 Å². The SMILES string of the molecule is OCC1c2ccccc2SC1c1ccccc1. The van der Waals surface area contributed by atoms with Crippen LogP contribution in [0, 0.1) is 0 Å². The highest BCUT2D eigenvalue weighted by atomic mass is 32.2. The number of fused-ring (bicyclic) bond motifs is 1. The number of hydrogen-bond acceptors (Lipinski definition) is 2. The van der Waals surface area contributed by atoms with Crippen LogP contribution in [0.15, 0.2) is 59.5 Å². The van der Waals surface area contributed by atoms with Crippen molar-refractivity contribution >= 4 is 11.8 Å². The smallest absolute Gasteiger partial charge is 0.0514 e. The average molecular weight is 242 g/mol. The van der Waals surface area contributed by atoms with Crippen molar-refractivity contribution in [3.8, 4) is 0 Å². The van der Waals surface area contributed by atoms with Crippen molar-refractivity contribution in [1.82, 2.24) is 0 Å². The molecule has 0 fully saturated rings. The summed E-state index contributed by atoms with van der Waals surface area (Å²) >= 11 is 1.86. The predicted molar refractivity (Wildman–Crippen MR) is 71.3 cm³/mol. The van der Waals surface area contributed by atoms with Gasteiger partial charge in [0.2, 0.25) is 0 Å². The zero-order valence-corrected chi connectivity index (χ0v) is 10.2. The second-order valence-electron chi connectivity index (χ2n) is 4.28. The molecule has 2 atom stereocenters. The minimum Gasteiger partial charge on any atom is -0.396 e. The molecule has 0 saturated heterocycles. The number of rotatable bonds is 2. The molecule has 2 heteroatoms. The van der Waals surface area contributed by atoms with Crippen LogP contribution in [-0.2, 0) is 0 Å². The second kappa shape index (κ2) is 4.55. The first-order valence-electron chi connectivity index (χ1n) is 5.81. The summed E-state index contributed by atoms with van der Waals surface area (Å²) in [6.07, 6.45) is 0. The summed E-state index contributed by atoms with van der Waals surface area (Å²) < 4.78 is 0. The second-order valence-corrected chi connectivity index (χ2v) is 5.46. The van der Waals surface area contributed by atoms with Crippen LogP contribution in [0.5, 0.6) is 0 Å². The third-order valence-corrected chi connectivity index (χ3v) is 4.74. The lowest BCUT2D eigenvalue weighted by Gasteiger charge is -2.17. The quantitative estimate of drug-likeness (QED) is 0.868. The van der Waals surface area contributed by atoms with Gasteiger partial charge in [0.25, 0.3) is 0 Å². The zero-order valence-electron chi connectivity index (χ0n) is 9.41. The maximum atomic E-state index is 9.63. The molecule has 0 saturated carbocycles. The molecule has 0 aliphatic carbocycles. The van der Waals surface area contributed by atoms with Crippen LogP contribution in [0.4, 0.5) is 0 Å². The molecule has 17 heavy (non-hydrogen) atoms. The minimum absolute atomic E-state index is 0.212. The molecule has 1 aliphatic heterocycles. The first kappa shape index (κ1) is 10.9. The summed E-state index contributed by atoms with van der Waals surface area (Å²) in [5.74, 6) is 0.221. The Morgan fingerprint density at radius 3 is 2.41 bits per heavy atom. The Labute approximate surface area is 105 Å². The summed E-state index contributed by atoms with van der Waals surface area (Å²) in [5, 5.41) is 9.98. The van der Waals surface area contributed by atoms with Crippen LogP contribution >= 0.6 is 11.8 Å². The van der Waals surface area contributed by atoms with Crippen molar-refractivity contribution in [2.75, 3.05) is 6.61 Å². The van der Waals surface area contributed by atoms with Crippen LogP contribution < -0.4 is 0 Å². The van der Waals surface area contributed by atoms with Gasteiger partial charge in [-0.15, -0.1) is 11.8 Å². The zero-order chi connectivity index (χ0) is 11.7. The van der Waals surface area contributed by atoms with Crippen LogP contribution in [0.2, 0.25) is 0 Å². The molecule has 2 aromatic carbocycles. The molecule has 1 heterocycles. The van der Waals surface area contributed by atoms with E-state index in [1.54, 1.807) is 0 Å². The number of hydrogen-bond donors (Lipinski definition) is 1. The molecule has 0 amide bonds. The first-order valence-corrected chi connectivity index (χ1v) is 6.69. The summed E-state index contributed by atoms with van der Waals surface area (Å²) in [4.78, 5) is 1.31. The van der Waals surface area contributed by atoms with Gasteiger partial charge in [-0.25, -0.2) is 0 Å². The number of thioether (sulfide) groups is 1. The summed E-state index contributed by atoms with van der Waals surface area (Å²) in [6, 6.07) is 18.8. The largest absolute Gasteiger partial charge is 0.396 e. The summed E-state index contributed by atoms with van der Waals surface area (Å²) in [6.45, 7) is 0.212. The van der Waals surface area contributed by atoms with Crippen molar-refractivity contribution in [1.29, 1.82) is 0 Å². The molecule has 1 N–H and O–H groups in total. The number of aliphatic hydroxyl groups excluding tert-OH is 1. The standard InChI is InChI=1S/C15H14OS/c16-10-13-12-8-4-5-9-14(12)17-15(13)11-6-2-1-3-7-11/h1-9,13,15-16H,10H2. The monoisotopic (exact) mass is 242 g/mol. The average Bonchev–Trinajstić information content (AvgIpc) is 2.78. The fourth-order valence-electron chi connectivity index (χ4n) is 2.41. The summed E-state index contributed by atoms with van der Waals surface area (Å²) in [5.41, 5.74) is 2.58. The van der Waals surface area contributed by atoms with E-state index in [1.807, 2.05) is 17.8 Å². The van der Waals surface area contributed by atoms with Crippen LogP contribution in [0.1, 0.15) is 22.3 Å². The van der Waals surface area contributed by atoms with Gasteiger partial charge in [-0.3, -0.25) is 0 Å². The number of aliphatic hydroxyl groups is 1. The van der Waals surface area contributed by atoms with E-state index >= 15 is 0 Å². The molecular weight excluding hydrogens is 228 g/mol. The van der Waals surface area contributed by atoms with E-state index in [9.17, 15) is 5.11 Å². The highest BCUT2D eigenvalue weighted by Crippen LogP contribution is 2.53. The number of benzene rings is 2. The summed E-state index contributed by atoms with van der Waals surface area (Å²) in [7, 11) is 0. The Balaban J connectivity index is 2.00. The molecule has 2 aromatic rings. The van der Waals surface area contributed by atoms with E-state index in [0.29, 0.717) is 5.25 Å². The van der Waals surface area contributed by atoms with Crippen molar-refractivity contribution in [2.24, 2.45) is 0 Å². The van der Waals surface area contributed by atoms with Crippen molar-refractivity contribution < 1.29 is 5.11 Å². The fourth-order valence-corrected chi connectivity index (χ4v) is 3.89. The lowest BCUT2D eigenvalue weighted by Crippen LogP contribution is -2.07. The maximum absolute atomic E-state index is 9.63. The van der Waals surface area contributed by atoms with E-state index < -0.39 is 0 Å².